The molecule has 0 bridgehead atoms. The fourth-order valence-corrected chi connectivity index (χ4v) is 0.376. The van der Waals surface area contributed by atoms with Gasteiger partial charge in [0.25, 0.3) is 5.95 Å². The van der Waals surface area contributed by atoms with Crippen LogP contribution in [-0.2, 0) is 0 Å². The first-order valence-electron chi connectivity index (χ1n) is 2.15. The highest BCUT2D eigenvalue weighted by atomic mass is 16.4. The number of nitrogens with zero attached hydrogens (tertiary/aromatic N) is 5. The summed E-state index contributed by atoms with van der Waals surface area (Å²) in [7, 11) is 0. The molecular weight excluding hydrogens is 140 g/mol. The molecule has 0 fully saturated rings. The molecule has 1 aromatic heterocycles. The molecule has 0 saturated heterocycles. The molecule has 0 unspecified atom stereocenters. The van der Waals surface area contributed by atoms with Crippen molar-refractivity contribution in [1.82, 2.24) is 20.2 Å². The Kier molecular flexibility index (Phi) is 1.36. The van der Waals surface area contributed by atoms with Gasteiger partial charge in [-0.3, -0.25) is 0 Å². The third kappa shape index (κ3) is 0.811. The maximum absolute atomic E-state index is 10.1. The molecule has 52 valence electrons. The molecule has 0 aromatic carbocycles. The van der Waals surface area contributed by atoms with Crippen LogP contribution in [0.4, 0.5) is 10.7 Å². The predicted octanol–water partition coefficient (Wildman–Crippen LogP) is -0.138. The second kappa shape index (κ2) is 2.17. The van der Waals surface area contributed by atoms with Crippen molar-refractivity contribution in [1.29, 1.82) is 5.53 Å². The summed E-state index contributed by atoms with van der Waals surface area (Å²) in [5, 5.41) is 20.1. The lowest BCUT2D eigenvalue weighted by atomic mass is 11.0. The highest BCUT2D eigenvalue weighted by molar-refractivity contribution is 5.69. The van der Waals surface area contributed by atoms with Gasteiger partial charge < -0.3 is 5.11 Å². The SMILES string of the molecule is N=Nc1nnnn1C(=O)O. The summed E-state index contributed by atoms with van der Waals surface area (Å²) in [5.41, 5.74) is 6.39. The van der Waals surface area contributed by atoms with E-state index in [1.54, 1.807) is 0 Å². The summed E-state index contributed by atoms with van der Waals surface area (Å²) < 4.78 is 0.396. The molecule has 1 heterocycles. The molecule has 1 aromatic rings. The van der Waals surface area contributed by atoms with Crippen molar-refractivity contribution in [3.05, 3.63) is 0 Å². The van der Waals surface area contributed by atoms with Crippen LogP contribution >= 0.6 is 0 Å². The fourth-order valence-electron chi connectivity index (χ4n) is 0.376. The van der Waals surface area contributed by atoms with Gasteiger partial charge in [-0.15, -0.1) is 9.80 Å². The first-order valence-corrected chi connectivity index (χ1v) is 2.15. The van der Waals surface area contributed by atoms with Crippen LogP contribution in [0.15, 0.2) is 5.11 Å². The first-order chi connectivity index (χ1) is 4.75. The normalized spacial score (nSPS) is 9.20. The van der Waals surface area contributed by atoms with Gasteiger partial charge in [0.15, 0.2) is 0 Å². The number of aromatic nitrogens is 4. The highest BCUT2D eigenvalue weighted by Gasteiger charge is 2.09. The minimum atomic E-state index is -1.36. The van der Waals surface area contributed by atoms with Gasteiger partial charge in [-0.2, -0.15) is 0 Å². The van der Waals surface area contributed by atoms with Gasteiger partial charge in [-0.25, -0.2) is 10.3 Å². The standard InChI is InChI=1S/C2H2N6O2/c3-4-1-5-6-7-8(1)2(9)10/h3H,(H,9,10). The summed E-state index contributed by atoms with van der Waals surface area (Å²) in [6.45, 7) is 0. The van der Waals surface area contributed by atoms with E-state index in [0.717, 1.165) is 0 Å². The van der Waals surface area contributed by atoms with Crippen LogP contribution in [0.1, 0.15) is 0 Å². The number of rotatable bonds is 1. The molecule has 8 heteroatoms. The molecule has 8 nitrogen and oxygen atoms in total. The van der Waals surface area contributed by atoms with Gasteiger partial charge in [-0.05, 0) is 10.4 Å². The van der Waals surface area contributed by atoms with Crippen LogP contribution in [-0.4, -0.2) is 31.4 Å². The lowest BCUT2D eigenvalue weighted by Gasteiger charge is -1.86. The van der Waals surface area contributed by atoms with E-state index in [4.69, 9.17) is 10.6 Å². The van der Waals surface area contributed by atoms with E-state index in [1.165, 1.54) is 0 Å². The van der Waals surface area contributed by atoms with Crippen LogP contribution in [0.2, 0.25) is 0 Å². The summed E-state index contributed by atoms with van der Waals surface area (Å²) in [4.78, 5) is 10.1. The Bertz CT molecular complexity index is 264. The van der Waals surface area contributed by atoms with E-state index < -0.39 is 6.09 Å². The van der Waals surface area contributed by atoms with E-state index >= 15 is 0 Å². The van der Waals surface area contributed by atoms with Crippen LogP contribution < -0.4 is 0 Å². The van der Waals surface area contributed by atoms with E-state index in [-0.39, 0.29) is 5.95 Å². The van der Waals surface area contributed by atoms with Crippen LogP contribution in [0.3, 0.4) is 0 Å². The maximum atomic E-state index is 10.1. The molecule has 0 aliphatic rings. The predicted molar refractivity (Wildman–Crippen MR) is 26.0 cm³/mol. The van der Waals surface area contributed by atoms with E-state index in [0.29, 0.717) is 4.68 Å². The Morgan fingerprint density at radius 1 is 1.80 bits per heavy atom. The van der Waals surface area contributed by atoms with Gasteiger partial charge in [0.2, 0.25) is 0 Å². The van der Waals surface area contributed by atoms with Crippen molar-refractivity contribution >= 4 is 12.0 Å². The number of tetrazole rings is 1. The molecule has 2 N–H and O–H groups in total. The second-order valence-corrected chi connectivity index (χ2v) is 1.29. The molecule has 0 spiro atoms. The minimum absolute atomic E-state index is 0.354. The molecule has 1 rings (SSSR count). The van der Waals surface area contributed by atoms with Crippen LogP contribution in [0.5, 0.6) is 0 Å². The zero-order chi connectivity index (χ0) is 7.56. The molecule has 10 heavy (non-hydrogen) atoms. The zero-order valence-electron chi connectivity index (χ0n) is 4.59. The van der Waals surface area contributed by atoms with Crippen molar-refractivity contribution < 1.29 is 9.90 Å². The van der Waals surface area contributed by atoms with Crippen molar-refractivity contribution in [3.63, 3.8) is 0 Å². The topological polar surface area (TPSA) is 117 Å². The Hall–Kier alpha value is -1.86. The van der Waals surface area contributed by atoms with Gasteiger partial charge in [0, 0.05) is 0 Å². The summed E-state index contributed by atoms with van der Waals surface area (Å²) in [6.07, 6.45) is -1.36. The van der Waals surface area contributed by atoms with Gasteiger partial charge in [0.1, 0.15) is 0 Å². The molecule has 0 aliphatic heterocycles. The van der Waals surface area contributed by atoms with Crippen LogP contribution in [0.25, 0.3) is 0 Å². The lowest BCUT2D eigenvalue weighted by Crippen LogP contribution is -2.09. The average Bonchev–Trinajstić information content (AvgIpc) is 2.33. The molecule has 0 saturated carbocycles. The monoisotopic (exact) mass is 142 g/mol. The van der Waals surface area contributed by atoms with E-state index in [1.807, 2.05) is 0 Å². The molecule has 0 aliphatic carbocycles. The quantitative estimate of drug-likeness (QED) is 0.418. The van der Waals surface area contributed by atoms with E-state index in [2.05, 4.69) is 20.6 Å². The largest absolute Gasteiger partial charge is 0.463 e. The fraction of sp³-hybridized carbons (Fsp3) is 0. The van der Waals surface area contributed by atoms with Crippen molar-refractivity contribution in [3.8, 4) is 0 Å². The Morgan fingerprint density at radius 3 is 2.90 bits per heavy atom. The Balaban J connectivity index is 3.13. The van der Waals surface area contributed by atoms with Gasteiger partial charge in [-0.1, -0.05) is 5.10 Å². The summed E-state index contributed by atoms with van der Waals surface area (Å²) in [6, 6.07) is 0. The van der Waals surface area contributed by atoms with Crippen molar-refractivity contribution in [2.75, 3.05) is 0 Å². The lowest BCUT2D eigenvalue weighted by molar-refractivity contribution is 0.192. The Morgan fingerprint density at radius 2 is 2.50 bits per heavy atom. The molecule has 0 radical (unpaired) electrons. The van der Waals surface area contributed by atoms with Crippen LogP contribution in [0, 0.1) is 5.53 Å². The molecule has 0 atom stereocenters. The highest BCUT2D eigenvalue weighted by Crippen LogP contribution is 2.00. The van der Waals surface area contributed by atoms with Gasteiger partial charge >= 0.3 is 6.09 Å². The zero-order valence-corrected chi connectivity index (χ0v) is 4.59. The minimum Gasteiger partial charge on any atom is -0.463 e. The second-order valence-electron chi connectivity index (χ2n) is 1.29. The average molecular weight is 142 g/mol. The summed E-state index contributed by atoms with van der Waals surface area (Å²) >= 11 is 0. The Labute approximate surface area is 54.0 Å². The van der Waals surface area contributed by atoms with E-state index in [9.17, 15) is 4.79 Å². The smallest absolute Gasteiger partial charge is 0.437 e. The summed E-state index contributed by atoms with van der Waals surface area (Å²) in [5.74, 6) is -0.354. The van der Waals surface area contributed by atoms with Crippen molar-refractivity contribution in [2.24, 2.45) is 5.11 Å². The molecule has 0 amide bonds. The third-order valence-electron chi connectivity index (χ3n) is 0.734. The van der Waals surface area contributed by atoms with Crippen molar-refractivity contribution in [2.45, 2.75) is 0 Å². The number of nitrogens with one attached hydrogen (secondary N) is 1. The molecular formula is C2H2N6O2. The number of carboxylic acid groups (broad SMARTS) is 1. The third-order valence-corrected chi connectivity index (χ3v) is 0.734. The number of hydrogen-bond acceptors (Lipinski definition) is 6. The number of carbonyl (C=O) groups is 1. The number of hydrogen-bond donors (Lipinski definition) is 2. The van der Waals surface area contributed by atoms with Gasteiger partial charge in [0.05, 0.1) is 0 Å². The maximum Gasteiger partial charge on any atom is 0.437 e. The first kappa shape index (κ1) is 6.26.